The largest absolute Gasteiger partial charge is 0.361 e. The molecule has 3 heterocycles. The van der Waals surface area contributed by atoms with Crippen LogP contribution in [0, 0.1) is 18.8 Å². The van der Waals surface area contributed by atoms with Gasteiger partial charge in [0.15, 0.2) is 11.5 Å². The fourth-order valence-electron chi connectivity index (χ4n) is 5.17. The lowest BCUT2D eigenvalue weighted by Crippen LogP contribution is -2.28. The molecule has 1 saturated heterocycles. The van der Waals surface area contributed by atoms with Crippen molar-refractivity contribution in [3.8, 4) is 11.5 Å². The minimum Gasteiger partial charge on any atom is -0.361 e. The molecule has 1 aliphatic carbocycles. The van der Waals surface area contributed by atoms with Crippen LogP contribution in [0.4, 0.5) is 0 Å². The summed E-state index contributed by atoms with van der Waals surface area (Å²) < 4.78 is 7.70. The van der Waals surface area contributed by atoms with Gasteiger partial charge in [0, 0.05) is 61.8 Å². The van der Waals surface area contributed by atoms with Gasteiger partial charge in [0.05, 0.1) is 0 Å². The van der Waals surface area contributed by atoms with E-state index in [2.05, 4.69) is 33.8 Å². The van der Waals surface area contributed by atoms with E-state index in [9.17, 15) is 9.59 Å². The van der Waals surface area contributed by atoms with Gasteiger partial charge in [-0.05, 0) is 48.9 Å². The maximum atomic E-state index is 13.6. The molecule has 0 bridgehead atoms. The molecule has 0 radical (unpaired) electrons. The molecule has 2 aromatic heterocycles. The van der Waals surface area contributed by atoms with Crippen molar-refractivity contribution in [2.45, 2.75) is 65.3 Å². The van der Waals surface area contributed by atoms with E-state index < -0.39 is 0 Å². The molecule has 1 amide bonds. The molecule has 1 aliphatic heterocycles. The van der Waals surface area contributed by atoms with Gasteiger partial charge >= 0.3 is 0 Å². The van der Waals surface area contributed by atoms with E-state index in [1.54, 1.807) is 11.8 Å². The van der Waals surface area contributed by atoms with Crippen LogP contribution in [0.25, 0.3) is 11.5 Å². The van der Waals surface area contributed by atoms with Gasteiger partial charge in [-0.15, -0.1) is 22.6 Å². The zero-order valence-electron chi connectivity index (χ0n) is 21.6. The third-order valence-electron chi connectivity index (χ3n) is 7.21. The number of carbonyl (C=O) groups excluding carboxylic acids is 2. The van der Waals surface area contributed by atoms with Gasteiger partial charge in [0.2, 0.25) is 5.91 Å². The van der Waals surface area contributed by atoms with Crippen LogP contribution in [0.1, 0.15) is 68.3 Å². The summed E-state index contributed by atoms with van der Waals surface area (Å²) in [7, 11) is 0. The number of hydrogen-bond acceptors (Lipinski definition) is 6. The van der Waals surface area contributed by atoms with Crippen LogP contribution in [0.3, 0.4) is 0 Å². The van der Waals surface area contributed by atoms with E-state index in [1.165, 1.54) is 0 Å². The highest BCUT2D eigenvalue weighted by molar-refractivity contribution is 6.30. The van der Waals surface area contributed by atoms with Gasteiger partial charge in [-0.1, -0.05) is 36.7 Å². The molecule has 2 atom stereocenters. The molecule has 0 spiro atoms. The molecule has 37 heavy (non-hydrogen) atoms. The summed E-state index contributed by atoms with van der Waals surface area (Å²) in [6, 6.07) is 7.81. The van der Waals surface area contributed by atoms with Gasteiger partial charge in [-0.25, -0.2) is 0 Å². The minimum absolute atomic E-state index is 0. The predicted octanol–water partition coefficient (Wildman–Crippen LogP) is 5.22. The van der Waals surface area contributed by atoms with E-state index in [-0.39, 0.29) is 42.0 Å². The number of rotatable bonds is 8. The number of likely N-dealkylation sites (tertiary alicyclic amines) is 1. The molecular formula is C27H33Cl2N5O3. The Morgan fingerprint density at radius 1 is 1.16 bits per heavy atom. The summed E-state index contributed by atoms with van der Waals surface area (Å²) in [5.74, 6) is 2.19. The van der Waals surface area contributed by atoms with Crippen molar-refractivity contribution in [3.05, 3.63) is 52.0 Å². The number of ketones is 1. The number of halogens is 2. The van der Waals surface area contributed by atoms with Crippen molar-refractivity contribution >= 4 is 35.7 Å². The molecule has 8 nitrogen and oxygen atoms in total. The predicted molar refractivity (Wildman–Crippen MR) is 143 cm³/mol. The third kappa shape index (κ3) is 5.75. The van der Waals surface area contributed by atoms with E-state index in [4.69, 9.17) is 16.1 Å². The monoisotopic (exact) mass is 545 g/mol. The summed E-state index contributed by atoms with van der Waals surface area (Å²) in [6.45, 7) is 8.63. The highest BCUT2D eigenvalue weighted by atomic mass is 35.5. The van der Waals surface area contributed by atoms with Crippen molar-refractivity contribution in [1.29, 1.82) is 0 Å². The normalized spacial score (nSPS) is 19.4. The number of carbonyl (C=O) groups is 2. The number of Topliss-reactive ketones (excluding diaryl/α,β-unsaturated/α-hetero) is 1. The Labute approximate surface area is 228 Å². The van der Waals surface area contributed by atoms with Crippen LogP contribution >= 0.6 is 24.0 Å². The van der Waals surface area contributed by atoms with Crippen molar-refractivity contribution < 1.29 is 14.1 Å². The third-order valence-corrected chi connectivity index (χ3v) is 7.45. The summed E-state index contributed by atoms with van der Waals surface area (Å²) in [5, 5.41) is 14.0. The second kappa shape index (κ2) is 11.0. The topological polar surface area (TPSA) is 94.1 Å². The lowest BCUT2D eigenvalue weighted by atomic mass is 9.87. The zero-order valence-corrected chi connectivity index (χ0v) is 23.2. The smallest absolute Gasteiger partial charge is 0.219 e. The minimum atomic E-state index is -0.354. The van der Waals surface area contributed by atoms with Crippen LogP contribution < -0.4 is 0 Å². The highest BCUT2D eigenvalue weighted by Crippen LogP contribution is 2.43. The maximum absolute atomic E-state index is 13.6. The fourth-order valence-corrected chi connectivity index (χ4v) is 5.39. The zero-order chi connectivity index (χ0) is 25.6. The standard InChI is InChI=1S/C27H32ClN5O3.ClH/c1-15(2)9-21-12-24(31-36-21)27-30-29-26(33(27)20-7-8-20)23-14-32(17(4)34)13-22(23)25(35)11-18-5-6-19(28)10-16(18)3;/h5-6,10,12,15,20,22-23H,7-9,11,13-14H2,1-4H3;1H/t22-,23-;/m0./s1. The molecule has 5 rings (SSSR count). The Kier molecular flexibility index (Phi) is 8.09. The lowest BCUT2D eigenvalue weighted by Gasteiger charge is -2.18. The van der Waals surface area contributed by atoms with Gasteiger partial charge in [-0.2, -0.15) is 0 Å². The second-order valence-corrected chi connectivity index (χ2v) is 11.0. The number of aromatic nitrogens is 4. The summed E-state index contributed by atoms with van der Waals surface area (Å²) in [5.41, 5.74) is 2.60. The highest BCUT2D eigenvalue weighted by Gasteiger charge is 2.44. The van der Waals surface area contributed by atoms with Crippen LogP contribution in [-0.2, 0) is 22.4 Å². The number of amides is 1. The quantitative estimate of drug-likeness (QED) is 0.385. The summed E-state index contributed by atoms with van der Waals surface area (Å²) in [6.07, 6.45) is 3.15. The molecule has 198 valence electrons. The van der Waals surface area contributed by atoms with E-state index in [1.807, 2.05) is 31.2 Å². The van der Waals surface area contributed by atoms with Gasteiger partial charge in [0.25, 0.3) is 0 Å². The Bertz CT molecular complexity index is 1300. The van der Waals surface area contributed by atoms with Crippen molar-refractivity contribution in [2.75, 3.05) is 13.1 Å². The second-order valence-electron chi connectivity index (χ2n) is 10.6. The maximum Gasteiger partial charge on any atom is 0.219 e. The van der Waals surface area contributed by atoms with Gasteiger partial charge in [0.1, 0.15) is 17.4 Å². The number of hydrogen-bond donors (Lipinski definition) is 0. The van der Waals surface area contributed by atoms with Crippen LogP contribution in [0.5, 0.6) is 0 Å². The Balaban J connectivity index is 0.00000320. The van der Waals surface area contributed by atoms with Crippen molar-refractivity contribution in [1.82, 2.24) is 24.8 Å². The average Bonchev–Trinajstić information content (AvgIpc) is 3.20. The van der Waals surface area contributed by atoms with Crippen LogP contribution in [0.2, 0.25) is 5.02 Å². The first-order chi connectivity index (χ1) is 17.2. The molecule has 0 unspecified atom stereocenters. The summed E-state index contributed by atoms with van der Waals surface area (Å²) in [4.78, 5) is 27.7. The van der Waals surface area contributed by atoms with E-state index in [0.717, 1.165) is 42.0 Å². The Hall–Kier alpha value is -2.71. The molecule has 2 fully saturated rings. The molecule has 1 aromatic carbocycles. The number of nitrogens with zero attached hydrogens (tertiary/aromatic N) is 5. The molecule has 2 aliphatic rings. The summed E-state index contributed by atoms with van der Waals surface area (Å²) >= 11 is 6.11. The first kappa shape index (κ1) is 27.3. The van der Waals surface area contributed by atoms with E-state index >= 15 is 0 Å². The molecule has 0 N–H and O–H groups in total. The SMILES string of the molecule is CC(=O)N1C[C@H](C(=O)Cc2ccc(Cl)cc2C)[C@@H](c2nnc(-c3cc(CC(C)C)on3)n2C2CC2)C1.Cl. The molecule has 1 saturated carbocycles. The van der Waals surface area contributed by atoms with Gasteiger partial charge in [-0.3, -0.25) is 9.59 Å². The van der Waals surface area contributed by atoms with Crippen molar-refractivity contribution in [2.24, 2.45) is 11.8 Å². The number of aryl methyl sites for hydroxylation is 1. The lowest BCUT2D eigenvalue weighted by molar-refractivity contribution is -0.128. The first-order valence-corrected chi connectivity index (χ1v) is 13.0. The Morgan fingerprint density at radius 2 is 1.92 bits per heavy atom. The van der Waals surface area contributed by atoms with Crippen molar-refractivity contribution in [3.63, 3.8) is 0 Å². The molecule has 3 aromatic rings. The van der Waals surface area contributed by atoms with E-state index in [0.29, 0.717) is 42.0 Å². The Morgan fingerprint density at radius 3 is 2.57 bits per heavy atom. The number of benzene rings is 1. The first-order valence-electron chi connectivity index (χ1n) is 12.6. The van der Waals surface area contributed by atoms with Gasteiger partial charge < -0.3 is 14.0 Å². The van der Waals surface area contributed by atoms with Crippen LogP contribution in [-0.4, -0.2) is 49.6 Å². The molecule has 10 heteroatoms. The average molecular weight is 546 g/mol. The van der Waals surface area contributed by atoms with Crippen LogP contribution in [0.15, 0.2) is 28.8 Å². The molecular weight excluding hydrogens is 513 g/mol. The fraction of sp³-hybridized carbons (Fsp3) is 0.519.